The Hall–Kier alpha value is -4.54. The minimum absolute atomic E-state index is 0.151. The van der Waals surface area contributed by atoms with Crippen molar-refractivity contribution in [3.63, 3.8) is 0 Å². The number of pyridine rings is 1. The Morgan fingerprint density at radius 3 is 2.82 bits per heavy atom. The van der Waals surface area contributed by atoms with Crippen molar-refractivity contribution in [3.05, 3.63) is 59.0 Å². The molecule has 0 radical (unpaired) electrons. The second kappa shape index (κ2) is 7.51. The van der Waals surface area contributed by atoms with Gasteiger partial charge in [-0.1, -0.05) is 6.07 Å². The standard InChI is InChI=1S/C23H21N9O2/c1-12-3-6-15-14(9-28-30-15)21(12)34-23-20-16(25-10-26-22(20)24)7-18(29-23)32(13-4-5-13)17-8-19(33)31(2)11-27-17/h3,6-11,13H,4-5H2,1-2H3,(H,28,30)(H2,24,25,26). The van der Waals surface area contributed by atoms with E-state index in [-0.39, 0.29) is 23.3 Å². The van der Waals surface area contributed by atoms with E-state index in [1.54, 1.807) is 13.2 Å². The Morgan fingerprint density at radius 2 is 2.03 bits per heavy atom. The number of ether oxygens (including phenoxy) is 1. The Morgan fingerprint density at radius 1 is 1.18 bits per heavy atom. The first-order chi connectivity index (χ1) is 16.5. The number of nitrogens with one attached hydrogen (secondary N) is 1. The predicted molar refractivity (Wildman–Crippen MR) is 127 cm³/mol. The first-order valence-electron chi connectivity index (χ1n) is 10.8. The number of rotatable bonds is 5. The minimum Gasteiger partial charge on any atom is -0.437 e. The first kappa shape index (κ1) is 20.1. The maximum atomic E-state index is 12.3. The molecule has 0 unspecified atom stereocenters. The van der Waals surface area contributed by atoms with Gasteiger partial charge in [0.05, 0.1) is 28.9 Å². The summed E-state index contributed by atoms with van der Waals surface area (Å²) in [5, 5.41) is 8.43. The number of H-pyrrole nitrogens is 1. The molecule has 3 N–H and O–H groups in total. The van der Waals surface area contributed by atoms with E-state index in [4.69, 9.17) is 15.5 Å². The highest BCUT2D eigenvalue weighted by Crippen LogP contribution is 2.41. The van der Waals surface area contributed by atoms with Gasteiger partial charge in [-0.25, -0.2) is 15.0 Å². The quantitative estimate of drug-likeness (QED) is 0.409. The molecule has 4 heterocycles. The highest BCUT2D eigenvalue weighted by atomic mass is 16.5. The summed E-state index contributed by atoms with van der Waals surface area (Å²) in [6.07, 6.45) is 6.56. The number of anilines is 3. The van der Waals surface area contributed by atoms with Gasteiger partial charge in [-0.3, -0.25) is 9.89 Å². The molecule has 1 aliphatic rings. The molecule has 0 atom stereocenters. The van der Waals surface area contributed by atoms with E-state index in [1.807, 2.05) is 30.0 Å². The molecule has 1 saturated carbocycles. The number of fused-ring (bicyclic) bond motifs is 2. The summed E-state index contributed by atoms with van der Waals surface area (Å²) < 4.78 is 7.83. The summed E-state index contributed by atoms with van der Waals surface area (Å²) in [6, 6.07) is 7.40. The Kier molecular flexibility index (Phi) is 4.44. The molecule has 0 amide bonds. The van der Waals surface area contributed by atoms with Crippen LogP contribution in [-0.2, 0) is 7.05 Å². The van der Waals surface area contributed by atoms with Crippen LogP contribution in [0.5, 0.6) is 11.6 Å². The number of hydrogen-bond acceptors (Lipinski definition) is 9. The minimum atomic E-state index is -0.151. The van der Waals surface area contributed by atoms with Crippen LogP contribution in [0.3, 0.4) is 0 Å². The highest BCUT2D eigenvalue weighted by Gasteiger charge is 2.33. The molecule has 0 spiro atoms. The normalized spacial score (nSPS) is 13.5. The van der Waals surface area contributed by atoms with Gasteiger partial charge >= 0.3 is 0 Å². The molecule has 0 bridgehead atoms. The Bertz CT molecular complexity index is 1620. The van der Waals surface area contributed by atoms with Crippen LogP contribution in [0.15, 0.2) is 47.9 Å². The van der Waals surface area contributed by atoms with Gasteiger partial charge in [0.1, 0.15) is 34.9 Å². The monoisotopic (exact) mass is 455 g/mol. The zero-order valence-corrected chi connectivity index (χ0v) is 18.6. The number of aromatic nitrogens is 7. The van der Waals surface area contributed by atoms with Crippen molar-refractivity contribution in [2.24, 2.45) is 7.05 Å². The van der Waals surface area contributed by atoms with Crippen LogP contribution in [0.4, 0.5) is 17.5 Å². The lowest BCUT2D eigenvalue weighted by Crippen LogP contribution is -2.26. The van der Waals surface area contributed by atoms with Crippen molar-refractivity contribution < 1.29 is 4.74 Å². The van der Waals surface area contributed by atoms with E-state index in [2.05, 4.69) is 25.1 Å². The fourth-order valence-corrected chi connectivity index (χ4v) is 3.99. The van der Waals surface area contributed by atoms with Gasteiger partial charge in [0, 0.05) is 25.2 Å². The molecule has 0 aliphatic heterocycles. The van der Waals surface area contributed by atoms with E-state index in [0.717, 1.165) is 29.3 Å². The number of hydrogen-bond donors (Lipinski definition) is 2. The largest absolute Gasteiger partial charge is 0.437 e. The lowest BCUT2D eigenvalue weighted by molar-refractivity contribution is 0.471. The lowest BCUT2D eigenvalue weighted by atomic mass is 10.1. The average molecular weight is 455 g/mol. The van der Waals surface area contributed by atoms with Gasteiger partial charge in [0.15, 0.2) is 0 Å². The van der Waals surface area contributed by atoms with E-state index in [0.29, 0.717) is 28.3 Å². The second-order valence-electron chi connectivity index (χ2n) is 8.38. The molecule has 0 saturated heterocycles. The molecule has 11 heteroatoms. The fourth-order valence-electron chi connectivity index (χ4n) is 3.99. The van der Waals surface area contributed by atoms with Gasteiger partial charge in [0.2, 0.25) is 5.88 Å². The predicted octanol–water partition coefficient (Wildman–Crippen LogP) is 2.98. The van der Waals surface area contributed by atoms with Crippen molar-refractivity contribution >= 4 is 39.3 Å². The highest BCUT2D eigenvalue weighted by molar-refractivity contribution is 5.95. The van der Waals surface area contributed by atoms with E-state index in [1.165, 1.54) is 23.3 Å². The Labute approximate surface area is 193 Å². The molecular formula is C23H21N9O2. The summed E-state index contributed by atoms with van der Waals surface area (Å²) in [7, 11) is 1.67. The summed E-state index contributed by atoms with van der Waals surface area (Å²) in [4.78, 5) is 32.2. The topological polar surface area (TPSA) is 141 Å². The SMILES string of the molecule is Cc1ccc2[nH]ncc2c1Oc1nc(N(c2cc(=O)n(C)cn2)C2CC2)cc2ncnc(N)c12. The second-order valence-corrected chi connectivity index (χ2v) is 8.38. The molecular weight excluding hydrogens is 434 g/mol. The molecule has 1 aliphatic carbocycles. The van der Waals surface area contributed by atoms with Crippen molar-refractivity contribution in [1.29, 1.82) is 0 Å². The molecule has 34 heavy (non-hydrogen) atoms. The smallest absolute Gasteiger partial charge is 0.255 e. The molecule has 6 rings (SSSR count). The maximum Gasteiger partial charge on any atom is 0.255 e. The zero-order valence-electron chi connectivity index (χ0n) is 18.6. The van der Waals surface area contributed by atoms with Gasteiger partial charge in [0.25, 0.3) is 5.56 Å². The molecule has 1 fully saturated rings. The van der Waals surface area contributed by atoms with Crippen molar-refractivity contribution in [3.8, 4) is 11.6 Å². The molecule has 1 aromatic carbocycles. The molecule has 170 valence electrons. The van der Waals surface area contributed by atoms with Gasteiger partial charge in [-0.15, -0.1) is 0 Å². The van der Waals surface area contributed by atoms with Crippen molar-refractivity contribution in [1.82, 2.24) is 34.7 Å². The number of nitrogens with two attached hydrogens (primary N) is 1. The summed E-state index contributed by atoms with van der Waals surface area (Å²) in [6.45, 7) is 1.95. The van der Waals surface area contributed by atoms with Crippen LogP contribution in [-0.4, -0.2) is 40.7 Å². The van der Waals surface area contributed by atoms with Crippen LogP contribution in [0, 0.1) is 6.92 Å². The third kappa shape index (κ3) is 3.29. The van der Waals surface area contributed by atoms with Crippen LogP contribution < -0.4 is 20.9 Å². The van der Waals surface area contributed by atoms with Crippen LogP contribution >= 0.6 is 0 Å². The number of nitrogen functional groups attached to an aromatic ring is 1. The van der Waals surface area contributed by atoms with Gasteiger partial charge < -0.3 is 19.9 Å². The first-order valence-corrected chi connectivity index (χ1v) is 10.8. The fraction of sp³-hybridized carbons (Fsp3) is 0.217. The van der Waals surface area contributed by atoms with Crippen LogP contribution in [0.2, 0.25) is 0 Å². The maximum absolute atomic E-state index is 12.3. The molecule has 4 aromatic heterocycles. The van der Waals surface area contributed by atoms with Gasteiger partial charge in [-0.2, -0.15) is 10.1 Å². The van der Waals surface area contributed by atoms with Crippen molar-refractivity contribution in [2.75, 3.05) is 10.6 Å². The van der Waals surface area contributed by atoms with E-state index >= 15 is 0 Å². The average Bonchev–Trinajstić information content (AvgIpc) is 3.53. The molecule has 5 aromatic rings. The van der Waals surface area contributed by atoms with E-state index < -0.39 is 0 Å². The number of aromatic amines is 1. The third-order valence-corrected chi connectivity index (χ3v) is 5.94. The summed E-state index contributed by atoms with van der Waals surface area (Å²) >= 11 is 0. The third-order valence-electron chi connectivity index (χ3n) is 5.94. The van der Waals surface area contributed by atoms with Crippen molar-refractivity contribution in [2.45, 2.75) is 25.8 Å². The number of benzene rings is 1. The number of nitrogens with zero attached hydrogens (tertiary/aromatic N) is 7. The number of aryl methyl sites for hydroxylation is 2. The van der Waals surface area contributed by atoms with Gasteiger partial charge in [-0.05, 0) is 31.4 Å². The summed E-state index contributed by atoms with van der Waals surface area (Å²) in [5.74, 6) is 2.25. The lowest BCUT2D eigenvalue weighted by Gasteiger charge is -2.23. The zero-order chi connectivity index (χ0) is 23.4. The van der Waals surface area contributed by atoms with Crippen LogP contribution in [0.25, 0.3) is 21.8 Å². The van der Waals surface area contributed by atoms with Crippen LogP contribution in [0.1, 0.15) is 18.4 Å². The van der Waals surface area contributed by atoms with E-state index in [9.17, 15) is 4.79 Å². The summed E-state index contributed by atoms with van der Waals surface area (Å²) in [5.41, 5.74) is 8.41. The molecule has 11 nitrogen and oxygen atoms in total. The Balaban J connectivity index is 1.55.